The van der Waals surface area contributed by atoms with Crippen LogP contribution >= 0.6 is 0 Å². The lowest BCUT2D eigenvalue weighted by atomic mass is 9.88. The van der Waals surface area contributed by atoms with E-state index in [1.807, 2.05) is 6.92 Å². The lowest BCUT2D eigenvalue weighted by Crippen LogP contribution is -2.38. The van der Waals surface area contributed by atoms with Crippen LogP contribution in [0, 0.1) is 11.8 Å². The van der Waals surface area contributed by atoms with Gasteiger partial charge in [0.05, 0.1) is 0 Å². The predicted octanol–water partition coefficient (Wildman–Crippen LogP) is 1.60. The van der Waals surface area contributed by atoms with Crippen molar-refractivity contribution in [1.29, 1.82) is 0 Å². The molecule has 0 aromatic heterocycles. The molecule has 15 heavy (non-hydrogen) atoms. The zero-order valence-electron chi connectivity index (χ0n) is 9.99. The van der Waals surface area contributed by atoms with Crippen molar-refractivity contribution in [1.82, 2.24) is 4.90 Å². The fraction of sp³-hybridized carbons (Fsp3) is 0.818. The summed E-state index contributed by atoms with van der Waals surface area (Å²) in [5.41, 5.74) is 0. The van der Waals surface area contributed by atoms with Crippen molar-refractivity contribution in [2.24, 2.45) is 11.8 Å². The minimum Gasteiger partial charge on any atom is -0.480 e. The molecule has 1 atom stereocenters. The standard InChI is InChI=1S/C11H21NO3/c1-5-9(6-2)8(3)11(15)12(4)7-10(13)14/h8-9H,5-7H2,1-4H3,(H,13,14). The van der Waals surface area contributed by atoms with Gasteiger partial charge in [0.25, 0.3) is 0 Å². The first kappa shape index (κ1) is 13.9. The SMILES string of the molecule is CCC(CC)C(C)C(=O)N(C)CC(=O)O. The molecule has 1 N–H and O–H groups in total. The summed E-state index contributed by atoms with van der Waals surface area (Å²) in [6, 6.07) is 0. The van der Waals surface area contributed by atoms with Gasteiger partial charge in [0.15, 0.2) is 0 Å². The Morgan fingerprint density at radius 1 is 1.27 bits per heavy atom. The maximum atomic E-state index is 11.8. The number of amides is 1. The lowest BCUT2D eigenvalue weighted by Gasteiger charge is -2.25. The molecule has 0 spiro atoms. The normalized spacial score (nSPS) is 12.6. The fourth-order valence-corrected chi connectivity index (χ4v) is 1.83. The fourth-order valence-electron chi connectivity index (χ4n) is 1.83. The van der Waals surface area contributed by atoms with E-state index in [0.29, 0.717) is 5.92 Å². The van der Waals surface area contributed by atoms with Gasteiger partial charge in [-0.25, -0.2) is 0 Å². The van der Waals surface area contributed by atoms with Gasteiger partial charge in [-0.2, -0.15) is 0 Å². The van der Waals surface area contributed by atoms with Crippen molar-refractivity contribution >= 4 is 11.9 Å². The number of rotatable bonds is 6. The number of aliphatic carboxylic acids is 1. The van der Waals surface area contributed by atoms with Crippen LogP contribution in [0.2, 0.25) is 0 Å². The third-order valence-corrected chi connectivity index (χ3v) is 2.89. The predicted molar refractivity (Wildman–Crippen MR) is 58.5 cm³/mol. The van der Waals surface area contributed by atoms with Crippen molar-refractivity contribution in [3.63, 3.8) is 0 Å². The molecule has 0 saturated heterocycles. The van der Waals surface area contributed by atoms with Crippen molar-refractivity contribution in [3.8, 4) is 0 Å². The first-order chi connectivity index (χ1) is 6.93. The highest BCUT2D eigenvalue weighted by molar-refractivity contribution is 5.82. The third-order valence-electron chi connectivity index (χ3n) is 2.89. The van der Waals surface area contributed by atoms with Crippen LogP contribution in [0.4, 0.5) is 0 Å². The van der Waals surface area contributed by atoms with Gasteiger partial charge in [-0.05, 0) is 5.92 Å². The summed E-state index contributed by atoms with van der Waals surface area (Å²) < 4.78 is 0. The van der Waals surface area contributed by atoms with Gasteiger partial charge in [0.2, 0.25) is 5.91 Å². The lowest BCUT2D eigenvalue weighted by molar-refractivity contribution is -0.145. The summed E-state index contributed by atoms with van der Waals surface area (Å²) in [7, 11) is 1.54. The monoisotopic (exact) mass is 215 g/mol. The molecular formula is C11H21NO3. The summed E-state index contributed by atoms with van der Waals surface area (Å²) in [6.07, 6.45) is 1.90. The second-order valence-corrected chi connectivity index (χ2v) is 3.95. The van der Waals surface area contributed by atoms with E-state index >= 15 is 0 Å². The first-order valence-electron chi connectivity index (χ1n) is 5.40. The minimum atomic E-state index is -0.970. The van der Waals surface area contributed by atoms with Gasteiger partial charge >= 0.3 is 5.97 Å². The van der Waals surface area contributed by atoms with Crippen molar-refractivity contribution in [3.05, 3.63) is 0 Å². The molecule has 1 unspecified atom stereocenters. The zero-order valence-corrected chi connectivity index (χ0v) is 9.99. The van der Waals surface area contributed by atoms with E-state index in [2.05, 4.69) is 13.8 Å². The molecule has 0 saturated carbocycles. The zero-order chi connectivity index (χ0) is 12.0. The van der Waals surface area contributed by atoms with Gasteiger partial charge in [0, 0.05) is 13.0 Å². The second kappa shape index (κ2) is 6.43. The Labute approximate surface area is 91.3 Å². The molecule has 0 aliphatic rings. The highest BCUT2D eigenvalue weighted by Gasteiger charge is 2.24. The number of carboxylic acid groups (broad SMARTS) is 1. The van der Waals surface area contributed by atoms with Gasteiger partial charge < -0.3 is 10.0 Å². The molecule has 0 aromatic carbocycles. The molecule has 88 valence electrons. The molecule has 0 heterocycles. The Hall–Kier alpha value is -1.06. The molecule has 1 amide bonds. The summed E-state index contributed by atoms with van der Waals surface area (Å²) in [6.45, 7) is 5.76. The van der Waals surface area contributed by atoms with Crippen LogP contribution in [0.25, 0.3) is 0 Å². The number of carbonyl (C=O) groups excluding carboxylic acids is 1. The smallest absolute Gasteiger partial charge is 0.323 e. The Morgan fingerprint density at radius 3 is 2.07 bits per heavy atom. The van der Waals surface area contributed by atoms with Crippen LogP contribution in [0.1, 0.15) is 33.6 Å². The molecule has 0 rings (SSSR count). The Bertz CT molecular complexity index is 224. The van der Waals surface area contributed by atoms with Gasteiger partial charge in [-0.15, -0.1) is 0 Å². The number of likely N-dealkylation sites (N-methyl/N-ethyl adjacent to an activating group) is 1. The average Bonchev–Trinajstić information content (AvgIpc) is 2.17. The summed E-state index contributed by atoms with van der Waals surface area (Å²) in [5.74, 6) is -0.799. The van der Waals surface area contributed by atoms with Gasteiger partial charge in [-0.1, -0.05) is 33.6 Å². The van der Waals surface area contributed by atoms with Crippen LogP contribution in [0.5, 0.6) is 0 Å². The largest absolute Gasteiger partial charge is 0.480 e. The Balaban J connectivity index is 4.35. The molecule has 0 aliphatic heterocycles. The topological polar surface area (TPSA) is 57.6 Å². The quantitative estimate of drug-likeness (QED) is 0.732. The summed E-state index contributed by atoms with van der Waals surface area (Å²) in [5, 5.41) is 8.57. The van der Waals surface area contributed by atoms with Crippen LogP contribution < -0.4 is 0 Å². The van der Waals surface area contributed by atoms with Crippen LogP contribution in [-0.4, -0.2) is 35.5 Å². The molecule has 0 fully saturated rings. The van der Waals surface area contributed by atoms with Gasteiger partial charge in [-0.3, -0.25) is 9.59 Å². The number of nitrogens with zero attached hydrogens (tertiary/aromatic N) is 1. The average molecular weight is 215 g/mol. The Morgan fingerprint density at radius 2 is 1.73 bits per heavy atom. The number of hydrogen-bond acceptors (Lipinski definition) is 2. The number of carboxylic acids is 1. The molecule has 0 aliphatic carbocycles. The van der Waals surface area contributed by atoms with Crippen molar-refractivity contribution in [2.75, 3.05) is 13.6 Å². The molecule has 4 heteroatoms. The van der Waals surface area contributed by atoms with E-state index in [9.17, 15) is 9.59 Å². The van der Waals surface area contributed by atoms with E-state index in [-0.39, 0.29) is 18.4 Å². The molecule has 0 radical (unpaired) electrons. The highest BCUT2D eigenvalue weighted by Crippen LogP contribution is 2.20. The van der Waals surface area contributed by atoms with E-state index in [1.54, 1.807) is 0 Å². The first-order valence-corrected chi connectivity index (χ1v) is 5.40. The Kier molecular flexibility index (Phi) is 5.97. The minimum absolute atomic E-state index is 0.0777. The van der Waals surface area contributed by atoms with Gasteiger partial charge in [0.1, 0.15) is 6.54 Å². The van der Waals surface area contributed by atoms with E-state index < -0.39 is 5.97 Å². The van der Waals surface area contributed by atoms with Crippen LogP contribution in [0.15, 0.2) is 0 Å². The maximum absolute atomic E-state index is 11.8. The highest BCUT2D eigenvalue weighted by atomic mass is 16.4. The van der Waals surface area contributed by atoms with E-state index in [4.69, 9.17) is 5.11 Å². The molecular weight excluding hydrogens is 194 g/mol. The molecule has 0 aromatic rings. The maximum Gasteiger partial charge on any atom is 0.323 e. The number of carbonyl (C=O) groups is 2. The van der Waals surface area contributed by atoms with Crippen LogP contribution in [-0.2, 0) is 9.59 Å². The van der Waals surface area contributed by atoms with Crippen molar-refractivity contribution < 1.29 is 14.7 Å². The summed E-state index contributed by atoms with van der Waals surface area (Å²) >= 11 is 0. The second-order valence-electron chi connectivity index (χ2n) is 3.95. The molecule has 0 bridgehead atoms. The van der Waals surface area contributed by atoms with Crippen LogP contribution in [0.3, 0.4) is 0 Å². The van der Waals surface area contributed by atoms with Crippen molar-refractivity contribution in [2.45, 2.75) is 33.6 Å². The van der Waals surface area contributed by atoms with E-state index in [0.717, 1.165) is 12.8 Å². The summed E-state index contributed by atoms with van der Waals surface area (Å²) in [4.78, 5) is 23.5. The number of hydrogen-bond donors (Lipinski definition) is 1. The third kappa shape index (κ3) is 4.32. The van der Waals surface area contributed by atoms with E-state index in [1.165, 1.54) is 11.9 Å². The molecule has 4 nitrogen and oxygen atoms in total.